The second-order valence-corrected chi connectivity index (χ2v) is 4.41. The maximum absolute atomic E-state index is 9.32. The van der Waals surface area contributed by atoms with Gasteiger partial charge in [-0.15, -0.1) is 0 Å². The van der Waals surface area contributed by atoms with Gasteiger partial charge in [0.15, 0.2) is 5.76 Å². The molecule has 0 bridgehead atoms. The summed E-state index contributed by atoms with van der Waals surface area (Å²) in [6.45, 7) is 5.01. The third kappa shape index (κ3) is 2.14. The van der Waals surface area contributed by atoms with E-state index in [4.69, 9.17) is 13.9 Å². The fourth-order valence-electron chi connectivity index (χ4n) is 1.75. The number of aliphatic hydroxyl groups excluding tert-OH is 1. The van der Waals surface area contributed by atoms with Crippen LogP contribution in [-0.2, 0) is 9.47 Å². The number of hydrogen-bond acceptors (Lipinski definition) is 4. The molecule has 4 heteroatoms. The van der Waals surface area contributed by atoms with Gasteiger partial charge in [0.05, 0.1) is 19.8 Å². The van der Waals surface area contributed by atoms with Crippen LogP contribution >= 0.6 is 0 Å². The number of hydrogen-bond donors (Lipinski definition) is 1. The van der Waals surface area contributed by atoms with Crippen LogP contribution in [0.5, 0.6) is 0 Å². The van der Waals surface area contributed by atoms with Crippen LogP contribution in [-0.4, -0.2) is 24.9 Å². The fourth-order valence-corrected chi connectivity index (χ4v) is 1.75. The molecule has 2 rings (SSSR count). The molecule has 0 saturated carbocycles. The highest BCUT2D eigenvalue weighted by Gasteiger charge is 2.36. The lowest BCUT2D eigenvalue weighted by Crippen LogP contribution is -2.41. The maximum atomic E-state index is 9.32. The van der Waals surface area contributed by atoms with Gasteiger partial charge in [0, 0.05) is 5.41 Å². The predicted octanol–water partition coefficient (Wildman–Crippen LogP) is 2.02. The molecule has 16 heavy (non-hydrogen) atoms. The van der Waals surface area contributed by atoms with Gasteiger partial charge in [-0.25, -0.2) is 0 Å². The molecule has 4 nitrogen and oxygen atoms in total. The van der Waals surface area contributed by atoms with Crippen molar-refractivity contribution in [2.24, 2.45) is 5.41 Å². The predicted molar refractivity (Wildman–Crippen MR) is 57.9 cm³/mol. The molecule has 0 atom stereocenters. The summed E-state index contributed by atoms with van der Waals surface area (Å²) in [4.78, 5) is 0. The minimum atomic E-state index is -0.431. The normalized spacial score (nSPS) is 30.6. The first kappa shape index (κ1) is 11.6. The summed E-state index contributed by atoms with van der Waals surface area (Å²) >= 11 is 0. The molecule has 0 amide bonds. The van der Waals surface area contributed by atoms with Crippen molar-refractivity contribution in [3.63, 3.8) is 0 Å². The topological polar surface area (TPSA) is 51.8 Å². The van der Waals surface area contributed by atoms with Gasteiger partial charge in [0.2, 0.25) is 6.29 Å². The Kier molecular flexibility index (Phi) is 3.33. The molecule has 0 spiro atoms. The summed E-state index contributed by atoms with van der Waals surface area (Å²) in [6, 6.07) is 3.74. The highest BCUT2D eigenvalue weighted by atomic mass is 16.7. The zero-order valence-corrected chi connectivity index (χ0v) is 9.73. The Morgan fingerprint density at radius 2 is 2.06 bits per heavy atom. The van der Waals surface area contributed by atoms with E-state index >= 15 is 0 Å². The molecule has 1 aromatic heterocycles. The Balaban J connectivity index is 1.99. The van der Waals surface area contributed by atoms with E-state index in [1.54, 1.807) is 0 Å². The molecular formula is C12H18O4. The summed E-state index contributed by atoms with van der Waals surface area (Å²) in [5.41, 5.74) is -0.252. The Hall–Kier alpha value is -0.840. The number of aliphatic hydroxyl groups is 1. The van der Waals surface area contributed by atoms with Crippen molar-refractivity contribution in [2.75, 3.05) is 19.8 Å². The molecule has 2 heterocycles. The number of furan rings is 1. The monoisotopic (exact) mass is 226 g/mol. The van der Waals surface area contributed by atoms with Crippen molar-refractivity contribution in [1.82, 2.24) is 0 Å². The van der Waals surface area contributed by atoms with E-state index in [0.717, 1.165) is 12.2 Å². The van der Waals surface area contributed by atoms with Crippen molar-refractivity contribution in [3.8, 4) is 0 Å². The van der Waals surface area contributed by atoms with Crippen LogP contribution in [0.25, 0.3) is 0 Å². The lowest BCUT2D eigenvalue weighted by atomic mass is 9.87. The average molecular weight is 226 g/mol. The first-order valence-electron chi connectivity index (χ1n) is 5.59. The van der Waals surface area contributed by atoms with E-state index in [2.05, 4.69) is 0 Å². The van der Waals surface area contributed by atoms with E-state index in [1.165, 1.54) is 0 Å². The van der Waals surface area contributed by atoms with Gasteiger partial charge in [-0.1, -0.05) is 6.92 Å². The summed E-state index contributed by atoms with van der Waals surface area (Å²) in [5, 5.41) is 9.32. The number of aryl methyl sites for hydroxylation is 1. The molecule has 90 valence electrons. The van der Waals surface area contributed by atoms with Crippen molar-refractivity contribution in [3.05, 3.63) is 23.7 Å². The molecule has 1 fully saturated rings. The van der Waals surface area contributed by atoms with Gasteiger partial charge in [-0.3, -0.25) is 0 Å². The largest absolute Gasteiger partial charge is 0.461 e. The van der Waals surface area contributed by atoms with Crippen LogP contribution in [0.4, 0.5) is 0 Å². The Bertz CT molecular complexity index is 331. The second-order valence-electron chi connectivity index (χ2n) is 4.41. The SMILES string of the molecule is CCC1(CO)COC(c2ccc(C)o2)OC1. The Morgan fingerprint density at radius 3 is 2.50 bits per heavy atom. The first-order valence-corrected chi connectivity index (χ1v) is 5.59. The number of rotatable bonds is 3. The van der Waals surface area contributed by atoms with Crippen LogP contribution in [0.3, 0.4) is 0 Å². The van der Waals surface area contributed by atoms with Crippen molar-refractivity contribution in [2.45, 2.75) is 26.6 Å². The van der Waals surface area contributed by atoms with Crippen LogP contribution in [0.1, 0.15) is 31.2 Å². The van der Waals surface area contributed by atoms with E-state index in [9.17, 15) is 5.11 Å². The minimum absolute atomic E-state index is 0.0907. The summed E-state index contributed by atoms with van der Waals surface area (Å²) in [5.74, 6) is 1.54. The zero-order chi connectivity index (χ0) is 11.6. The van der Waals surface area contributed by atoms with Crippen molar-refractivity contribution < 1.29 is 19.0 Å². The fraction of sp³-hybridized carbons (Fsp3) is 0.667. The van der Waals surface area contributed by atoms with Crippen molar-refractivity contribution >= 4 is 0 Å². The van der Waals surface area contributed by atoms with Crippen LogP contribution in [0.2, 0.25) is 0 Å². The van der Waals surface area contributed by atoms with Gasteiger partial charge in [-0.05, 0) is 25.5 Å². The highest BCUT2D eigenvalue weighted by molar-refractivity contribution is 5.07. The molecule has 1 aliphatic heterocycles. The molecule has 1 N–H and O–H groups in total. The molecular weight excluding hydrogens is 208 g/mol. The zero-order valence-electron chi connectivity index (χ0n) is 9.73. The third-order valence-electron chi connectivity index (χ3n) is 3.16. The van der Waals surface area contributed by atoms with Gasteiger partial charge in [0.25, 0.3) is 0 Å². The van der Waals surface area contributed by atoms with Crippen LogP contribution in [0.15, 0.2) is 16.5 Å². The summed E-state index contributed by atoms with van der Waals surface area (Å²) < 4.78 is 16.6. The molecule has 1 aromatic rings. The Morgan fingerprint density at radius 1 is 1.38 bits per heavy atom. The lowest BCUT2D eigenvalue weighted by Gasteiger charge is -2.37. The molecule has 0 aliphatic carbocycles. The average Bonchev–Trinajstić information content (AvgIpc) is 2.76. The summed E-state index contributed by atoms with van der Waals surface area (Å²) in [7, 11) is 0. The third-order valence-corrected chi connectivity index (χ3v) is 3.16. The lowest BCUT2D eigenvalue weighted by molar-refractivity contribution is -0.248. The van der Waals surface area contributed by atoms with Crippen LogP contribution in [0, 0.1) is 12.3 Å². The quantitative estimate of drug-likeness (QED) is 0.856. The first-order chi connectivity index (χ1) is 7.69. The number of ether oxygens (including phenoxy) is 2. The summed E-state index contributed by atoms with van der Waals surface area (Å²) in [6.07, 6.45) is 0.410. The van der Waals surface area contributed by atoms with Gasteiger partial charge < -0.3 is 19.0 Å². The standard InChI is InChI=1S/C12H18O4/c1-3-12(6-13)7-14-11(15-8-12)10-5-4-9(2)16-10/h4-5,11,13H,3,6-8H2,1-2H3. The van der Waals surface area contributed by atoms with E-state index in [1.807, 2.05) is 26.0 Å². The van der Waals surface area contributed by atoms with Crippen molar-refractivity contribution in [1.29, 1.82) is 0 Å². The van der Waals surface area contributed by atoms with E-state index in [-0.39, 0.29) is 12.0 Å². The molecule has 0 aromatic carbocycles. The van der Waals surface area contributed by atoms with Gasteiger partial charge >= 0.3 is 0 Å². The van der Waals surface area contributed by atoms with E-state index in [0.29, 0.717) is 19.0 Å². The molecule has 0 unspecified atom stereocenters. The molecule has 0 radical (unpaired) electrons. The molecule has 1 saturated heterocycles. The molecule has 1 aliphatic rings. The maximum Gasteiger partial charge on any atom is 0.217 e. The van der Waals surface area contributed by atoms with Crippen LogP contribution < -0.4 is 0 Å². The smallest absolute Gasteiger partial charge is 0.217 e. The Labute approximate surface area is 95.2 Å². The minimum Gasteiger partial charge on any atom is -0.461 e. The second kappa shape index (κ2) is 4.57. The van der Waals surface area contributed by atoms with Gasteiger partial charge in [0.1, 0.15) is 5.76 Å². The highest BCUT2D eigenvalue weighted by Crippen LogP contribution is 2.34. The van der Waals surface area contributed by atoms with Gasteiger partial charge in [-0.2, -0.15) is 0 Å². The van der Waals surface area contributed by atoms with E-state index < -0.39 is 6.29 Å².